The van der Waals surface area contributed by atoms with Crippen LogP contribution in [0.1, 0.15) is 28.8 Å². The standard InChI is InChI=1S/C18H16ClNO3/c19-15-8-6-13(7-9-15)12-23-18(22)14-3-1-4-16(11-14)20-10-2-5-17(20)21/h1,3-4,6-9,11H,2,5,10,12H2. The van der Waals surface area contributed by atoms with Gasteiger partial charge in [-0.15, -0.1) is 0 Å². The highest BCUT2D eigenvalue weighted by molar-refractivity contribution is 6.30. The Balaban J connectivity index is 1.67. The summed E-state index contributed by atoms with van der Waals surface area (Å²) in [5.41, 5.74) is 2.05. The second kappa shape index (κ2) is 6.84. The Labute approximate surface area is 139 Å². The van der Waals surface area contributed by atoms with Gasteiger partial charge < -0.3 is 9.64 Å². The molecule has 23 heavy (non-hydrogen) atoms. The normalized spacial score (nSPS) is 14.1. The smallest absolute Gasteiger partial charge is 0.338 e. The summed E-state index contributed by atoms with van der Waals surface area (Å²) in [6.45, 7) is 0.880. The van der Waals surface area contributed by atoms with Gasteiger partial charge in [-0.25, -0.2) is 4.79 Å². The lowest BCUT2D eigenvalue weighted by Crippen LogP contribution is -2.23. The summed E-state index contributed by atoms with van der Waals surface area (Å²) in [6.07, 6.45) is 1.41. The molecular weight excluding hydrogens is 314 g/mol. The van der Waals surface area contributed by atoms with E-state index in [9.17, 15) is 9.59 Å². The SMILES string of the molecule is O=C(OCc1ccc(Cl)cc1)c1cccc(N2CCCC2=O)c1. The van der Waals surface area contributed by atoms with E-state index in [-0.39, 0.29) is 12.5 Å². The minimum absolute atomic E-state index is 0.0941. The van der Waals surface area contributed by atoms with Crippen LogP contribution in [0.5, 0.6) is 0 Å². The summed E-state index contributed by atoms with van der Waals surface area (Å²) in [4.78, 5) is 25.7. The van der Waals surface area contributed by atoms with Crippen LogP contribution in [0.15, 0.2) is 48.5 Å². The van der Waals surface area contributed by atoms with E-state index in [0.29, 0.717) is 23.6 Å². The van der Waals surface area contributed by atoms with Crippen molar-refractivity contribution in [2.45, 2.75) is 19.4 Å². The molecular formula is C18H16ClNO3. The Morgan fingerprint density at radius 2 is 1.96 bits per heavy atom. The van der Waals surface area contributed by atoms with Crippen LogP contribution in [-0.2, 0) is 16.1 Å². The molecule has 1 saturated heterocycles. The Kier molecular flexibility index (Phi) is 4.63. The lowest BCUT2D eigenvalue weighted by atomic mass is 10.2. The summed E-state index contributed by atoms with van der Waals surface area (Å²) in [6, 6.07) is 14.1. The van der Waals surface area contributed by atoms with E-state index in [1.165, 1.54) is 0 Å². The van der Waals surface area contributed by atoms with Crippen LogP contribution < -0.4 is 4.90 Å². The minimum atomic E-state index is -0.409. The molecule has 0 saturated carbocycles. The zero-order valence-corrected chi connectivity index (χ0v) is 13.3. The number of anilines is 1. The van der Waals surface area contributed by atoms with Crippen molar-refractivity contribution >= 4 is 29.2 Å². The molecule has 0 aliphatic carbocycles. The Morgan fingerprint density at radius 3 is 2.65 bits per heavy atom. The molecule has 0 bridgehead atoms. The number of carbonyl (C=O) groups is 2. The van der Waals surface area contributed by atoms with Crippen LogP contribution in [0, 0.1) is 0 Å². The van der Waals surface area contributed by atoms with E-state index in [2.05, 4.69) is 0 Å². The zero-order chi connectivity index (χ0) is 16.2. The first-order chi connectivity index (χ1) is 11.1. The molecule has 1 fully saturated rings. The molecule has 0 aromatic heterocycles. The third-order valence-corrected chi connectivity index (χ3v) is 4.00. The zero-order valence-electron chi connectivity index (χ0n) is 12.5. The highest BCUT2D eigenvalue weighted by atomic mass is 35.5. The maximum absolute atomic E-state index is 12.2. The molecule has 2 aromatic rings. The Morgan fingerprint density at radius 1 is 1.17 bits per heavy atom. The van der Waals surface area contributed by atoms with Crippen molar-refractivity contribution in [2.24, 2.45) is 0 Å². The van der Waals surface area contributed by atoms with Crippen LogP contribution in [-0.4, -0.2) is 18.4 Å². The lowest BCUT2D eigenvalue weighted by molar-refractivity contribution is -0.117. The largest absolute Gasteiger partial charge is 0.457 e. The van der Waals surface area contributed by atoms with Crippen LogP contribution in [0.3, 0.4) is 0 Å². The van der Waals surface area contributed by atoms with E-state index in [4.69, 9.17) is 16.3 Å². The van der Waals surface area contributed by atoms with Gasteiger partial charge in [0.05, 0.1) is 5.56 Å². The number of hydrogen-bond acceptors (Lipinski definition) is 3. The molecule has 5 heteroatoms. The van der Waals surface area contributed by atoms with Crippen LogP contribution in [0.4, 0.5) is 5.69 Å². The summed E-state index contributed by atoms with van der Waals surface area (Å²) in [5.74, 6) is -0.315. The molecule has 0 spiro atoms. The molecule has 3 rings (SSSR count). The number of nitrogens with zero attached hydrogens (tertiary/aromatic N) is 1. The van der Waals surface area contributed by atoms with Gasteiger partial charge in [-0.2, -0.15) is 0 Å². The van der Waals surface area contributed by atoms with Crippen molar-refractivity contribution in [3.8, 4) is 0 Å². The first kappa shape index (κ1) is 15.6. The van der Waals surface area contributed by atoms with Crippen molar-refractivity contribution in [1.29, 1.82) is 0 Å². The van der Waals surface area contributed by atoms with Crippen molar-refractivity contribution in [2.75, 3.05) is 11.4 Å². The van der Waals surface area contributed by atoms with Gasteiger partial charge >= 0.3 is 5.97 Å². The number of hydrogen-bond donors (Lipinski definition) is 0. The molecule has 1 aliphatic heterocycles. The average Bonchev–Trinajstić information content (AvgIpc) is 3.00. The van der Waals surface area contributed by atoms with Gasteiger partial charge in [0.25, 0.3) is 0 Å². The number of ether oxygens (including phenoxy) is 1. The number of halogens is 1. The van der Waals surface area contributed by atoms with E-state index in [1.54, 1.807) is 35.2 Å². The first-order valence-corrected chi connectivity index (χ1v) is 7.83. The topological polar surface area (TPSA) is 46.6 Å². The van der Waals surface area contributed by atoms with Crippen molar-refractivity contribution < 1.29 is 14.3 Å². The fraction of sp³-hybridized carbons (Fsp3) is 0.222. The van der Waals surface area contributed by atoms with Gasteiger partial charge in [-0.1, -0.05) is 29.8 Å². The van der Waals surface area contributed by atoms with Crippen LogP contribution in [0.2, 0.25) is 5.02 Å². The molecule has 0 radical (unpaired) electrons. The molecule has 1 amide bonds. The van der Waals surface area contributed by atoms with Gasteiger partial charge in [-0.05, 0) is 42.3 Å². The van der Waals surface area contributed by atoms with Crippen molar-refractivity contribution in [3.63, 3.8) is 0 Å². The van der Waals surface area contributed by atoms with Gasteiger partial charge in [0.2, 0.25) is 5.91 Å². The van der Waals surface area contributed by atoms with Gasteiger partial charge in [0.15, 0.2) is 0 Å². The second-order valence-corrected chi connectivity index (χ2v) is 5.84. The van der Waals surface area contributed by atoms with Gasteiger partial charge in [-0.3, -0.25) is 4.79 Å². The predicted octanol–water partition coefficient (Wildman–Crippen LogP) is 3.82. The quantitative estimate of drug-likeness (QED) is 0.801. The summed E-state index contributed by atoms with van der Waals surface area (Å²) < 4.78 is 5.31. The summed E-state index contributed by atoms with van der Waals surface area (Å²) in [5, 5.41) is 0.642. The molecule has 0 unspecified atom stereocenters. The highest BCUT2D eigenvalue weighted by Gasteiger charge is 2.22. The van der Waals surface area contributed by atoms with Crippen molar-refractivity contribution in [1.82, 2.24) is 0 Å². The van der Waals surface area contributed by atoms with E-state index in [1.807, 2.05) is 18.2 Å². The first-order valence-electron chi connectivity index (χ1n) is 7.45. The molecule has 0 atom stereocenters. The van der Waals surface area contributed by atoms with E-state index >= 15 is 0 Å². The lowest BCUT2D eigenvalue weighted by Gasteiger charge is -2.16. The Hall–Kier alpha value is -2.33. The number of esters is 1. The predicted molar refractivity (Wildman–Crippen MR) is 88.6 cm³/mol. The summed E-state index contributed by atoms with van der Waals surface area (Å²) in [7, 11) is 0. The molecule has 4 nitrogen and oxygen atoms in total. The monoisotopic (exact) mass is 329 g/mol. The molecule has 1 aliphatic rings. The van der Waals surface area contributed by atoms with Crippen molar-refractivity contribution in [3.05, 3.63) is 64.7 Å². The van der Waals surface area contributed by atoms with E-state index in [0.717, 1.165) is 17.7 Å². The Bertz CT molecular complexity index is 727. The molecule has 1 heterocycles. The fourth-order valence-electron chi connectivity index (χ4n) is 2.53. The van der Waals surface area contributed by atoms with Crippen LogP contribution in [0.25, 0.3) is 0 Å². The second-order valence-electron chi connectivity index (χ2n) is 5.40. The van der Waals surface area contributed by atoms with Crippen LogP contribution >= 0.6 is 11.6 Å². The average molecular weight is 330 g/mol. The molecule has 0 N–H and O–H groups in total. The number of rotatable bonds is 4. The number of carbonyl (C=O) groups excluding carboxylic acids is 2. The maximum atomic E-state index is 12.2. The third kappa shape index (κ3) is 3.71. The van der Waals surface area contributed by atoms with E-state index < -0.39 is 5.97 Å². The summed E-state index contributed by atoms with van der Waals surface area (Å²) >= 11 is 5.82. The highest BCUT2D eigenvalue weighted by Crippen LogP contribution is 2.22. The van der Waals surface area contributed by atoms with Gasteiger partial charge in [0, 0.05) is 23.7 Å². The number of amides is 1. The molecule has 2 aromatic carbocycles. The fourth-order valence-corrected chi connectivity index (χ4v) is 2.66. The van der Waals surface area contributed by atoms with Gasteiger partial charge in [0.1, 0.15) is 6.61 Å². The maximum Gasteiger partial charge on any atom is 0.338 e. The third-order valence-electron chi connectivity index (χ3n) is 3.75. The minimum Gasteiger partial charge on any atom is -0.457 e. The number of benzene rings is 2. The molecule has 118 valence electrons.